The van der Waals surface area contributed by atoms with Crippen LogP contribution in [0.5, 0.6) is 5.75 Å². The predicted molar refractivity (Wildman–Crippen MR) is 49.6 cm³/mol. The van der Waals surface area contributed by atoms with Crippen LogP contribution >= 0.6 is 0 Å². The first-order chi connectivity index (χ1) is 5.79. The van der Waals surface area contributed by atoms with Crippen LogP contribution in [0, 0.1) is 5.92 Å². The summed E-state index contributed by atoms with van der Waals surface area (Å²) >= 11 is 0. The van der Waals surface area contributed by atoms with E-state index >= 15 is 0 Å². The zero-order valence-corrected chi connectivity index (χ0v) is 7.63. The Morgan fingerprint density at radius 2 is 2.00 bits per heavy atom. The minimum atomic E-state index is 0.812. The first-order valence-electron chi connectivity index (χ1n) is 4.45. The van der Waals surface area contributed by atoms with Crippen molar-refractivity contribution in [3.8, 4) is 5.75 Å². The minimum absolute atomic E-state index is 0.812. The Labute approximate surface area is 73.4 Å². The van der Waals surface area contributed by atoms with E-state index in [2.05, 4.69) is 25.1 Å². The molecule has 0 spiro atoms. The zero-order valence-electron chi connectivity index (χ0n) is 7.63. The molecule has 0 aliphatic heterocycles. The van der Waals surface area contributed by atoms with E-state index in [1.54, 1.807) is 7.11 Å². The summed E-state index contributed by atoms with van der Waals surface area (Å²) < 4.78 is 5.17. The molecule has 1 aromatic rings. The maximum atomic E-state index is 5.17. The lowest BCUT2D eigenvalue weighted by molar-refractivity contribution is 0.414. The molecular formula is C11H14O. The maximum Gasteiger partial charge on any atom is 0.119 e. The van der Waals surface area contributed by atoms with Gasteiger partial charge in [0.1, 0.15) is 5.75 Å². The van der Waals surface area contributed by atoms with E-state index in [1.165, 1.54) is 24.0 Å². The lowest BCUT2D eigenvalue weighted by Gasteiger charge is -2.02. The Bertz CT molecular complexity index is 291. The molecule has 0 radical (unpaired) electrons. The van der Waals surface area contributed by atoms with Gasteiger partial charge in [0, 0.05) is 0 Å². The monoisotopic (exact) mass is 162 g/mol. The highest BCUT2D eigenvalue weighted by atomic mass is 16.5. The van der Waals surface area contributed by atoms with Crippen LogP contribution in [-0.4, -0.2) is 7.11 Å². The van der Waals surface area contributed by atoms with Gasteiger partial charge < -0.3 is 4.74 Å². The van der Waals surface area contributed by atoms with Gasteiger partial charge in [-0.3, -0.25) is 0 Å². The van der Waals surface area contributed by atoms with Gasteiger partial charge in [-0.2, -0.15) is 0 Å². The van der Waals surface area contributed by atoms with Crippen LogP contribution in [0.15, 0.2) is 18.2 Å². The fourth-order valence-corrected chi connectivity index (χ4v) is 1.94. The molecule has 2 rings (SSSR count). The Morgan fingerprint density at radius 3 is 2.75 bits per heavy atom. The second-order valence-corrected chi connectivity index (χ2v) is 3.65. The van der Waals surface area contributed by atoms with Gasteiger partial charge in [-0.05, 0) is 42.0 Å². The SMILES string of the molecule is COc1ccc2c(c1)CC(C)C2. The highest BCUT2D eigenvalue weighted by Gasteiger charge is 2.17. The summed E-state index contributed by atoms with van der Waals surface area (Å²) in [4.78, 5) is 0. The van der Waals surface area contributed by atoms with Gasteiger partial charge in [0.2, 0.25) is 0 Å². The fourth-order valence-electron chi connectivity index (χ4n) is 1.94. The molecule has 0 amide bonds. The van der Waals surface area contributed by atoms with Crippen LogP contribution in [0.4, 0.5) is 0 Å². The summed E-state index contributed by atoms with van der Waals surface area (Å²) in [7, 11) is 1.72. The highest BCUT2D eigenvalue weighted by Crippen LogP contribution is 2.29. The number of methoxy groups -OCH3 is 1. The van der Waals surface area contributed by atoms with Crippen LogP contribution in [0.2, 0.25) is 0 Å². The van der Waals surface area contributed by atoms with Crippen molar-refractivity contribution in [1.29, 1.82) is 0 Å². The van der Waals surface area contributed by atoms with Crippen molar-refractivity contribution in [2.75, 3.05) is 7.11 Å². The summed E-state index contributed by atoms with van der Waals surface area (Å²) in [5, 5.41) is 0. The van der Waals surface area contributed by atoms with E-state index in [-0.39, 0.29) is 0 Å². The molecule has 0 bridgehead atoms. The second-order valence-electron chi connectivity index (χ2n) is 3.65. The van der Waals surface area contributed by atoms with Gasteiger partial charge in [0.05, 0.1) is 7.11 Å². The van der Waals surface area contributed by atoms with Gasteiger partial charge in [0.15, 0.2) is 0 Å². The molecule has 1 aliphatic rings. The molecule has 0 heterocycles. The molecule has 1 unspecified atom stereocenters. The van der Waals surface area contributed by atoms with Gasteiger partial charge in [-0.15, -0.1) is 0 Å². The van der Waals surface area contributed by atoms with Crippen molar-refractivity contribution in [1.82, 2.24) is 0 Å². The molecule has 1 heteroatoms. The number of hydrogen-bond acceptors (Lipinski definition) is 1. The topological polar surface area (TPSA) is 9.23 Å². The number of hydrogen-bond donors (Lipinski definition) is 0. The van der Waals surface area contributed by atoms with Gasteiger partial charge in [-0.25, -0.2) is 0 Å². The standard InChI is InChI=1S/C11H14O/c1-8-5-9-3-4-11(12-2)7-10(9)6-8/h3-4,7-8H,5-6H2,1-2H3. The third-order valence-electron chi connectivity index (χ3n) is 2.55. The number of benzene rings is 1. The van der Waals surface area contributed by atoms with Crippen molar-refractivity contribution in [2.24, 2.45) is 5.92 Å². The summed E-state index contributed by atoms with van der Waals surface area (Å²) in [5.74, 6) is 1.80. The molecule has 0 aromatic heterocycles. The molecule has 1 nitrogen and oxygen atoms in total. The van der Waals surface area contributed by atoms with Crippen LogP contribution < -0.4 is 4.74 Å². The molecule has 0 N–H and O–H groups in total. The quantitative estimate of drug-likeness (QED) is 0.616. The average Bonchev–Trinajstić information content (AvgIpc) is 2.43. The predicted octanol–water partition coefficient (Wildman–Crippen LogP) is 2.43. The van der Waals surface area contributed by atoms with Crippen LogP contribution in [-0.2, 0) is 12.8 Å². The van der Waals surface area contributed by atoms with Gasteiger partial charge in [0.25, 0.3) is 0 Å². The van der Waals surface area contributed by atoms with E-state index in [1.807, 2.05) is 0 Å². The van der Waals surface area contributed by atoms with Crippen molar-refractivity contribution in [2.45, 2.75) is 19.8 Å². The molecule has 0 saturated heterocycles. The number of fused-ring (bicyclic) bond motifs is 1. The highest BCUT2D eigenvalue weighted by molar-refractivity contribution is 5.38. The summed E-state index contributed by atoms with van der Waals surface area (Å²) in [6.07, 6.45) is 2.45. The number of rotatable bonds is 1. The van der Waals surface area contributed by atoms with Gasteiger partial charge in [-0.1, -0.05) is 13.0 Å². The zero-order chi connectivity index (χ0) is 8.55. The minimum Gasteiger partial charge on any atom is -0.497 e. The summed E-state index contributed by atoms with van der Waals surface area (Å²) in [6, 6.07) is 6.41. The lowest BCUT2D eigenvalue weighted by Crippen LogP contribution is -1.89. The third kappa shape index (κ3) is 1.20. The van der Waals surface area contributed by atoms with Crippen molar-refractivity contribution >= 4 is 0 Å². The van der Waals surface area contributed by atoms with E-state index in [0.29, 0.717) is 0 Å². The summed E-state index contributed by atoms with van der Waals surface area (Å²) in [5.41, 5.74) is 2.98. The van der Waals surface area contributed by atoms with Crippen LogP contribution in [0.3, 0.4) is 0 Å². The Kier molecular flexibility index (Phi) is 1.80. The van der Waals surface area contributed by atoms with E-state index in [9.17, 15) is 0 Å². The van der Waals surface area contributed by atoms with Crippen molar-refractivity contribution in [3.63, 3.8) is 0 Å². The molecule has 64 valence electrons. The molecular weight excluding hydrogens is 148 g/mol. The fraction of sp³-hybridized carbons (Fsp3) is 0.455. The smallest absolute Gasteiger partial charge is 0.119 e. The number of ether oxygens (including phenoxy) is 1. The first kappa shape index (κ1) is 7.66. The molecule has 0 fully saturated rings. The Morgan fingerprint density at radius 1 is 1.25 bits per heavy atom. The van der Waals surface area contributed by atoms with E-state index in [4.69, 9.17) is 4.74 Å². The third-order valence-corrected chi connectivity index (χ3v) is 2.55. The lowest BCUT2D eigenvalue weighted by atomic mass is 10.1. The molecule has 0 saturated carbocycles. The van der Waals surface area contributed by atoms with Crippen LogP contribution in [0.25, 0.3) is 0 Å². The molecule has 1 aliphatic carbocycles. The molecule has 12 heavy (non-hydrogen) atoms. The normalized spacial score (nSPS) is 20.7. The molecule has 1 atom stereocenters. The van der Waals surface area contributed by atoms with Crippen molar-refractivity contribution < 1.29 is 4.74 Å². The maximum absolute atomic E-state index is 5.17. The average molecular weight is 162 g/mol. The van der Waals surface area contributed by atoms with Crippen LogP contribution in [0.1, 0.15) is 18.1 Å². The summed E-state index contributed by atoms with van der Waals surface area (Å²) in [6.45, 7) is 2.30. The first-order valence-corrected chi connectivity index (χ1v) is 4.45. The van der Waals surface area contributed by atoms with Gasteiger partial charge >= 0.3 is 0 Å². The molecule has 1 aromatic carbocycles. The second kappa shape index (κ2) is 2.81. The Hall–Kier alpha value is -0.980. The van der Waals surface area contributed by atoms with E-state index in [0.717, 1.165) is 11.7 Å². The van der Waals surface area contributed by atoms with E-state index < -0.39 is 0 Å². The largest absolute Gasteiger partial charge is 0.497 e. The Balaban J connectivity index is 2.35. The van der Waals surface area contributed by atoms with Crippen molar-refractivity contribution in [3.05, 3.63) is 29.3 Å².